The molecule has 184 valence electrons. The first-order valence-corrected chi connectivity index (χ1v) is 12.6. The lowest BCUT2D eigenvalue weighted by molar-refractivity contribution is 0.484. The van der Waals surface area contributed by atoms with E-state index in [1.54, 1.807) is 61.3 Å². The monoisotopic (exact) mass is 514 g/mol. The van der Waals surface area contributed by atoms with E-state index >= 15 is 8.78 Å². The summed E-state index contributed by atoms with van der Waals surface area (Å²) in [6.45, 7) is 1.65. The number of hydrogen-bond acceptors (Lipinski definition) is 7. The van der Waals surface area contributed by atoms with Gasteiger partial charge < -0.3 is 0 Å². The average Bonchev–Trinajstić information content (AvgIpc) is 3.54. The maximum atomic E-state index is 15.9. The van der Waals surface area contributed by atoms with Crippen LogP contribution in [0.2, 0.25) is 0 Å². The van der Waals surface area contributed by atoms with Gasteiger partial charge in [0.1, 0.15) is 11.6 Å². The summed E-state index contributed by atoms with van der Waals surface area (Å²) >= 11 is 1.64. The molecular formula is C26H20F2N8S. The van der Waals surface area contributed by atoms with Crippen LogP contribution in [0.4, 0.5) is 8.78 Å². The Morgan fingerprint density at radius 1 is 0.946 bits per heavy atom. The maximum Gasteiger partial charge on any atom is 0.221 e. The topological polar surface area (TPSA) is 87.2 Å². The van der Waals surface area contributed by atoms with Gasteiger partial charge in [-0.3, -0.25) is 9.67 Å². The van der Waals surface area contributed by atoms with E-state index in [1.165, 1.54) is 10.7 Å². The molecule has 1 atom stereocenters. The number of hydrogen-bond donors (Lipinski definition) is 0. The molecule has 0 radical (unpaired) electrons. The standard InChI is InChI=1S/C26H20F2N8S/c1-14(36-26-25(33-34-36)30-12-22(32-26)15-4-6-18(37-3)7-5-15)23-20(27)9-21-19(24(23)28)8-16(10-29-21)17-11-31-35(2)13-17/h4-14H,1-3H3. The minimum Gasteiger partial charge on any atom is -0.275 e. The SMILES string of the molecule is CSc1ccc(-c2cnc3nnn(C(C)c4c(F)cc5ncc(-c6cnn(C)c6)cc5c4F)c3n2)cc1. The molecule has 8 nitrogen and oxygen atoms in total. The molecule has 0 aliphatic carbocycles. The quantitative estimate of drug-likeness (QED) is 0.283. The molecule has 4 heterocycles. The molecule has 11 heteroatoms. The molecule has 0 fully saturated rings. The van der Waals surface area contributed by atoms with Crippen molar-refractivity contribution in [3.05, 3.63) is 78.4 Å². The van der Waals surface area contributed by atoms with Crippen molar-refractivity contribution < 1.29 is 8.78 Å². The first-order valence-electron chi connectivity index (χ1n) is 11.4. The van der Waals surface area contributed by atoms with Gasteiger partial charge >= 0.3 is 0 Å². The summed E-state index contributed by atoms with van der Waals surface area (Å²) in [5.41, 5.74) is 3.63. The van der Waals surface area contributed by atoms with Crippen LogP contribution in [-0.2, 0) is 7.05 Å². The van der Waals surface area contributed by atoms with Crippen molar-refractivity contribution in [1.29, 1.82) is 0 Å². The predicted molar refractivity (Wildman–Crippen MR) is 138 cm³/mol. The third-order valence-corrected chi connectivity index (χ3v) is 7.05. The van der Waals surface area contributed by atoms with Crippen LogP contribution in [-0.4, -0.2) is 46.0 Å². The molecule has 0 aliphatic heterocycles. The molecule has 0 aliphatic rings. The van der Waals surface area contributed by atoms with Crippen molar-refractivity contribution in [3.63, 3.8) is 0 Å². The summed E-state index contributed by atoms with van der Waals surface area (Å²) in [7, 11) is 1.80. The van der Waals surface area contributed by atoms with Crippen LogP contribution >= 0.6 is 11.8 Å². The van der Waals surface area contributed by atoms with Crippen LogP contribution < -0.4 is 0 Å². The van der Waals surface area contributed by atoms with Gasteiger partial charge in [0.2, 0.25) is 5.65 Å². The third-order valence-electron chi connectivity index (χ3n) is 6.31. The van der Waals surface area contributed by atoms with Gasteiger partial charge in [0.15, 0.2) is 5.65 Å². The minimum absolute atomic E-state index is 0.152. The number of rotatable bonds is 5. The smallest absolute Gasteiger partial charge is 0.221 e. The van der Waals surface area contributed by atoms with Gasteiger partial charge in [0, 0.05) is 58.0 Å². The molecule has 4 aromatic heterocycles. The van der Waals surface area contributed by atoms with E-state index in [2.05, 4.69) is 30.4 Å². The van der Waals surface area contributed by atoms with Gasteiger partial charge in [-0.15, -0.1) is 16.9 Å². The fraction of sp³-hybridized carbons (Fsp3) is 0.154. The fourth-order valence-corrected chi connectivity index (χ4v) is 4.75. The predicted octanol–water partition coefficient (Wildman–Crippen LogP) is 5.45. The van der Waals surface area contributed by atoms with E-state index in [-0.39, 0.29) is 16.5 Å². The Morgan fingerprint density at radius 3 is 2.49 bits per heavy atom. The van der Waals surface area contributed by atoms with Gasteiger partial charge in [-0.25, -0.2) is 23.4 Å². The average molecular weight is 515 g/mol. The molecule has 0 amide bonds. The zero-order chi connectivity index (χ0) is 25.7. The van der Waals surface area contributed by atoms with Crippen LogP contribution in [0.1, 0.15) is 18.5 Å². The molecule has 37 heavy (non-hydrogen) atoms. The number of aryl methyl sites for hydroxylation is 1. The normalized spacial score (nSPS) is 12.5. The van der Waals surface area contributed by atoms with Gasteiger partial charge in [-0.05, 0) is 31.4 Å². The van der Waals surface area contributed by atoms with Crippen molar-refractivity contribution in [1.82, 2.24) is 39.7 Å². The lowest BCUT2D eigenvalue weighted by Crippen LogP contribution is -2.14. The first-order chi connectivity index (χ1) is 17.9. The maximum absolute atomic E-state index is 15.9. The Hall–Kier alpha value is -4.25. The molecule has 0 N–H and O–H groups in total. The van der Waals surface area contributed by atoms with Crippen molar-refractivity contribution in [3.8, 4) is 22.4 Å². The molecule has 1 unspecified atom stereocenters. The molecule has 6 aromatic rings. The second-order valence-corrected chi connectivity index (χ2v) is 9.50. The van der Waals surface area contributed by atoms with E-state index in [1.807, 2.05) is 30.5 Å². The molecular weight excluding hydrogens is 494 g/mol. The zero-order valence-corrected chi connectivity index (χ0v) is 20.9. The summed E-state index contributed by atoms with van der Waals surface area (Å²) in [5, 5.41) is 12.6. The lowest BCUT2D eigenvalue weighted by atomic mass is 10.0. The molecule has 0 spiro atoms. The number of fused-ring (bicyclic) bond motifs is 2. The Balaban J connectivity index is 1.45. The molecule has 2 aromatic carbocycles. The second-order valence-electron chi connectivity index (χ2n) is 8.62. The summed E-state index contributed by atoms with van der Waals surface area (Å²) in [6, 6.07) is 9.94. The Morgan fingerprint density at radius 2 is 1.76 bits per heavy atom. The van der Waals surface area contributed by atoms with Crippen LogP contribution in [0.15, 0.2) is 66.1 Å². The summed E-state index contributed by atoms with van der Waals surface area (Å²) < 4.78 is 34.2. The molecule has 0 bridgehead atoms. The zero-order valence-electron chi connectivity index (χ0n) is 20.1. The number of benzene rings is 2. The molecule has 0 saturated heterocycles. The molecule has 0 saturated carbocycles. The van der Waals surface area contributed by atoms with Gasteiger partial charge in [0.25, 0.3) is 0 Å². The van der Waals surface area contributed by atoms with E-state index in [0.717, 1.165) is 16.0 Å². The largest absolute Gasteiger partial charge is 0.275 e. The summed E-state index contributed by atoms with van der Waals surface area (Å²) in [5.74, 6) is -1.43. The summed E-state index contributed by atoms with van der Waals surface area (Å²) in [4.78, 5) is 14.5. The van der Waals surface area contributed by atoms with E-state index in [0.29, 0.717) is 22.6 Å². The first kappa shape index (κ1) is 23.2. The summed E-state index contributed by atoms with van der Waals surface area (Å²) in [6.07, 6.45) is 8.67. The third kappa shape index (κ3) is 4.01. The van der Waals surface area contributed by atoms with Crippen LogP contribution in [0.5, 0.6) is 0 Å². The van der Waals surface area contributed by atoms with E-state index in [9.17, 15) is 0 Å². The van der Waals surface area contributed by atoms with E-state index < -0.39 is 17.7 Å². The van der Waals surface area contributed by atoms with Crippen molar-refractivity contribution >= 4 is 34.0 Å². The van der Waals surface area contributed by atoms with Crippen molar-refractivity contribution in [2.24, 2.45) is 7.05 Å². The number of pyridine rings is 1. The van der Waals surface area contributed by atoms with Crippen LogP contribution in [0.25, 0.3) is 44.6 Å². The Labute approximate surface area is 214 Å². The van der Waals surface area contributed by atoms with Crippen molar-refractivity contribution in [2.75, 3.05) is 6.26 Å². The highest BCUT2D eigenvalue weighted by molar-refractivity contribution is 7.98. The van der Waals surface area contributed by atoms with Crippen LogP contribution in [0, 0.1) is 11.6 Å². The lowest BCUT2D eigenvalue weighted by Gasteiger charge is -2.16. The van der Waals surface area contributed by atoms with Gasteiger partial charge in [-0.1, -0.05) is 17.3 Å². The highest BCUT2D eigenvalue weighted by Crippen LogP contribution is 2.33. The number of thioether (sulfide) groups is 1. The number of halogens is 2. The number of nitrogens with zero attached hydrogens (tertiary/aromatic N) is 8. The van der Waals surface area contributed by atoms with Crippen LogP contribution in [0.3, 0.4) is 0 Å². The highest BCUT2D eigenvalue weighted by atomic mass is 32.2. The Bertz CT molecular complexity index is 1780. The number of aromatic nitrogens is 8. The van der Waals surface area contributed by atoms with Gasteiger partial charge in [-0.2, -0.15) is 5.10 Å². The Kier molecular flexibility index (Phi) is 5.64. The molecule has 6 rings (SSSR count). The minimum atomic E-state index is -0.847. The van der Waals surface area contributed by atoms with E-state index in [4.69, 9.17) is 0 Å². The van der Waals surface area contributed by atoms with Crippen molar-refractivity contribution in [2.45, 2.75) is 17.9 Å². The second kappa shape index (κ2) is 9.00. The fourth-order valence-electron chi connectivity index (χ4n) is 4.34. The van der Waals surface area contributed by atoms with Gasteiger partial charge in [0.05, 0.1) is 29.6 Å². The highest BCUT2D eigenvalue weighted by Gasteiger charge is 2.25.